The molecule has 2 rings (SSSR count). The van der Waals surface area contributed by atoms with Crippen molar-refractivity contribution in [3.05, 3.63) is 60.2 Å². The summed E-state index contributed by atoms with van der Waals surface area (Å²) in [6, 6.07) is 13.5. The molecule has 0 unspecified atom stereocenters. The maximum absolute atomic E-state index is 12.5. The molecule has 0 atom stereocenters. The molecule has 0 amide bonds. The van der Waals surface area contributed by atoms with Crippen LogP contribution in [0.15, 0.2) is 54.6 Å². The first-order chi connectivity index (χ1) is 9.46. The van der Waals surface area contributed by atoms with E-state index in [2.05, 4.69) is 4.18 Å². The number of rotatable bonds is 4. The van der Waals surface area contributed by atoms with Crippen molar-refractivity contribution in [3.63, 3.8) is 0 Å². The number of benzene rings is 2. The highest BCUT2D eigenvalue weighted by atomic mass is 32.3. The predicted octanol–water partition coefficient (Wildman–Crippen LogP) is 2.50. The van der Waals surface area contributed by atoms with Gasteiger partial charge in [-0.3, -0.25) is 0 Å². The maximum Gasteiger partial charge on any atom is 0.488 e. The maximum atomic E-state index is 12.5. The fourth-order valence-electron chi connectivity index (χ4n) is 1.47. The van der Waals surface area contributed by atoms with Crippen molar-refractivity contribution in [2.75, 3.05) is 0 Å². The zero-order valence-electron chi connectivity index (χ0n) is 10.0. The molecule has 0 aliphatic carbocycles. The van der Waals surface area contributed by atoms with Crippen LogP contribution in [0.3, 0.4) is 0 Å². The SMILES string of the molecule is O=C(Oc1ccccc1)c1ccccc1OS(=O)(=O)F. The summed E-state index contributed by atoms with van der Waals surface area (Å²) in [5.41, 5.74) is -0.197. The second-order valence-corrected chi connectivity index (χ2v) is 4.63. The van der Waals surface area contributed by atoms with Crippen molar-refractivity contribution in [1.29, 1.82) is 0 Å². The lowest BCUT2D eigenvalue weighted by atomic mass is 10.2. The normalized spacial score (nSPS) is 10.8. The van der Waals surface area contributed by atoms with Crippen LogP contribution in [-0.2, 0) is 10.5 Å². The van der Waals surface area contributed by atoms with Gasteiger partial charge < -0.3 is 8.92 Å². The molecule has 7 heteroatoms. The van der Waals surface area contributed by atoms with Crippen LogP contribution in [0, 0.1) is 0 Å². The molecule has 0 bridgehead atoms. The van der Waals surface area contributed by atoms with Gasteiger partial charge in [0.05, 0.1) is 0 Å². The van der Waals surface area contributed by atoms with Gasteiger partial charge in [0.1, 0.15) is 11.3 Å². The zero-order chi connectivity index (χ0) is 14.6. The van der Waals surface area contributed by atoms with Crippen LogP contribution in [0.25, 0.3) is 0 Å². The van der Waals surface area contributed by atoms with Gasteiger partial charge in [0.15, 0.2) is 5.75 Å². The number of halogens is 1. The molecule has 104 valence electrons. The van der Waals surface area contributed by atoms with Gasteiger partial charge in [-0.25, -0.2) is 4.79 Å². The summed E-state index contributed by atoms with van der Waals surface area (Å²) >= 11 is 0. The number of ether oxygens (including phenoxy) is 1. The molecule has 20 heavy (non-hydrogen) atoms. The number of hydrogen-bond donors (Lipinski definition) is 0. The van der Waals surface area contributed by atoms with E-state index in [1.165, 1.54) is 18.2 Å². The quantitative estimate of drug-likeness (QED) is 0.492. The smallest absolute Gasteiger partial charge is 0.423 e. The molecule has 0 fully saturated rings. The third-order valence-corrected chi connectivity index (χ3v) is 2.63. The number of carbonyl (C=O) groups excluding carboxylic acids is 1. The first kappa shape index (κ1) is 14.0. The average Bonchev–Trinajstić information content (AvgIpc) is 2.38. The Bertz CT molecular complexity index is 713. The first-order valence-corrected chi connectivity index (χ1v) is 6.77. The van der Waals surface area contributed by atoms with Crippen LogP contribution in [0.4, 0.5) is 3.89 Å². The Morgan fingerprint density at radius 2 is 1.55 bits per heavy atom. The van der Waals surface area contributed by atoms with E-state index in [1.54, 1.807) is 30.3 Å². The number of hydrogen-bond acceptors (Lipinski definition) is 5. The Kier molecular flexibility index (Phi) is 3.99. The number of esters is 1. The van der Waals surface area contributed by atoms with Crippen LogP contribution in [0.2, 0.25) is 0 Å². The minimum atomic E-state index is -5.21. The van der Waals surface area contributed by atoms with Gasteiger partial charge in [-0.15, -0.1) is 0 Å². The Hall–Kier alpha value is -2.41. The van der Waals surface area contributed by atoms with Crippen LogP contribution in [0.1, 0.15) is 10.4 Å². The average molecular weight is 296 g/mol. The van der Waals surface area contributed by atoms with E-state index >= 15 is 0 Å². The summed E-state index contributed by atoms with van der Waals surface area (Å²) in [6.45, 7) is 0. The van der Waals surface area contributed by atoms with Crippen molar-refractivity contribution in [2.24, 2.45) is 0 Å². The minimum absolute atomic E-state index is 0.197. The lowest BCUT2D eigenvalue weighted by molar-refractivity contribution is 0.0733. The summed E-state index contributed by atoms with van der Waals surface area (Å²) in [5.74, 6) is -1.01. The van der Waals surface area contributed by atoms with Gasteiger partial charge in [0.2, 0.25) is 0 Å². The molecule has 0 heterocycles. The summed E-state index contributed by atoms with van der Waals surface area (Å²) in [5, 5.41) is 0. The monoisotopic (exact) mass is 296 g/mol. The minimum Gasteiger partial charge on any atom is -0.423 e. The number of carbonyl (C=O) groups is 1. The molecule has 2 aromatic rings. The van der Waals surface area contributed by atoms with Gasteiger partial charge in [-0.05, 0) is 24.3 Å². The van der Waals surface area contributed by atoms with Crippen molar-refractivity contribution < 1.29 is 26.0 Å². The van der Waals surface area contributed by atoms with Crippen molar-refractivity contribution in [2.45, 2.75) is 0 Å². The van der Waals surface area contributed by atoms with Gasteiger partial charge in [0.25, 0.3) is 0 Å². The summed E-state index contributed by atoms with van der Waals surface area (Å²) < 4.78 is 42.6. The van der Waals surface area contributed by atoms with E-state index in [0.29, 0.717) is 0 Å². The molecule has 0 N–H and O–H groups in total. The van der Waals surface area contributed by atoms with E-state index < -0.39 is 22.2 Å². The third-order valence-electron chi connectivity index (χ3n) is 2.25. The van der Waals surface area contributed by atoms with Crippen LogP contribution in [0.5, 0.6) is 11.5 Å². The molecule has 0 aliphatic rings. The van der Waals surface area contributed by atoms with Crippen molar-refractivity contribution >= 4 is 16.5 Å². The summed E-state index contributed by atoms with van der Waals surface area (Å²) in [7, 11) is -5.21. The van der Waals surface area contributed by atoms with E-state index in [9.17, 15) is 17.1 Å². The van der Waals surface area contributed by atoms with Crippen LogP contribution >= 0.6 is 0 Å². The highest BCUT2D eigenvalue weighted by Gasteiger charge is 2.19. The summed E-state index contributed by atoms with van der Waals surface area (Å²) in [6.07, 6.45) is 0. The predicted molar refractivity (Wildman–Crippen MR) is 68.5 cm³/mol. The first-order valence-electron chi connectivity index (χ1n) is 5.46. The third kappa shape index (κ3) is 3.79. The van der Waals surface area contributed by atoms with Crippen molar-refractivity contribution in [3.8, 4) is 11.5 Å². The molecule has 0 saturated heterocycles. The van der Waals surface area contributed by atoms with E-state index in [-0.39, 0.29) is 11.3 Å². The molecular formula is C13H9FO5S. The summed E-state index contributed by atoms with van der Waals surface area (Å²) in [4.78, 5) is 11.9. The van der Waals surface area contributed by atoms with Crippen LogP contribution < -0.4 is 8.92 Å². The zero-order valence-corrected chi connectivity index (χ0v) is 10.8. The Morgan fingerprint density at radius 3 is 2.20 bits per heavy atom. The Labute approximate surface area is 115 Å². The van der Waals surface area contributed by atoms with Gasteiger partial charge in [-0.1, -0.05) is 34.2 Å². The molecule has 2 aromatic carbocycles. The van der Waals surface area contributed by atoms with Crippen LogP contribution in [-0.4, -0.2) is 14.4 Å². The topological polar surface area (TPSA) is 69.7 Å². The number of para-hydroxylation sites is 2. The largest absolute Gasteiger partial charge is 0.488 e. The Morgan fingerprint density at radius 1 is 0.950 bits per heavy atom. The van der Waals surface area contributed by atoms with E-state index in [4.69, 9.17) is 4.74 Å². The fraction of sp³-hybridized carbons (Fsp3) is 0. The molecule has 0 spiro atoms. The van der Waals surface area contributed by atoms with E-state index in [1.807, 2.05) is 0 Å². The molecule has 0 aromatic heterocycles. The molecule has 0 saturated carbocycles. The molecule has 0 radical (unpaired) electrons. The van der Waals surface area contributed by atoms with Gasteiger partial charge in [0, 0.05) is 0 Å². The lowest BCUT2D eigenvalue weighted by Gasteiger charge is -2.07. The van der Waals surface area contributed by atoms with Gasteiger partial charge in [-0.2, -0.15) is 8.42 Å². The van der Waals surface area contributed by atoms with Gasteiger partial charge >= 0.3 is 16.5 Å². The lowest BCUT2D eigenvalue weighted by Crippen LogP contribution is -2.12. The highest BCUT2D eigenvalue weighted by molar-refractivity contribution is 7.81. The Balaban J connectivity index is 2.26. The second kappa shape index (κ2) is 5.70. The molecule has 0 aliphatic heterocycles. The second-order valence-electron chi connectivity index (χ2n) is 3.68. The van der Waals surface area contributed by atoms with Crippen molar-refractivity contribution in [1.82, 2.24) is 0 Å². The fourth-order valence-corrected chi connectivity index (χ4v) is 1.83. The standard InChI is InChI=1S/C13H9FO5S/c14-20(16,17)19-12-9-5-4-8-11(12)13(15)18-10-6-2-1-3-7-10/h1-9H. The molecular weight excluding hydrogens is 287 g/mol. The molecule has 5 nitrogen and oxygen atoms in total. The van der Waals surface area contributed by atoms with E-state index in [0.717, 1.165) is 6.07 Å². The highest BCUT2D eigenvalue weighted by Crippen LogP contribution is 2.22.